The fraction of sp³-hybridized carbons (Fsp3) is 0.310. The Labute approximate surface area is 194 Å². The van der Waals surface area contributed by atoms with Gasteiger partial charge in [-0.25, -0.2) is 8.78 Å². The van der Waals surface area contributed by atoms with Crippen LogP contribution in [0.25, 0.3) is 23.3 Å². The van der Waals surface area contributed by atoms with Gasteiger partial charge >= 0.3 is 0 Å². The van der Waals surface area contributed by atoms with Crippen molar-refractivity contribution in [3.8, 4) is 16.9 Å². The Hall–Kier alpha value is -3.01. The second kappa shape index (κ2) is 12.3. The number of ether oxygens (including phenoxy) is 1. The van der Waals surface area contributed by atoms with E-state index >= 15 is 0 Å². The zero-order chi connectivity index (χ0) is 23.6. The average Bonchev–Trinajstić information content (AvgIpc) is 2.81. The van der Waals surface area contributed by atoms with Gasteiger partial charge in [0.15, 0.2) is 11.6 Å². The van der Waals surface area contributed by atoms with Gasteiger partial charge in [0.1, 0.15) is 5.82 Å². The van der Waals surface area contributed by atoms with E-state index < -0.39 is 11.6 Å². The summed E-state index contributed by atoms with van der Waals surface area (Å²) in [5.74, 6) is -2.21. The van der Waals surface area contributed by atoms with E-state index in [1.165, 1.54) is 31.4 Å². The minimum Gasteiger partial charge on any atom is -0.490 e. The molecule has 3 aromatic carbocycles. The lowest BCUT2D eigenvalue weighted by atomic mass is 10.0. The van der Waals surface area contributed by atoms with E-state index in [4.69, 9.17) is 4.74 Å². The highest BCUT2D eigenvalue weighted by atomic mass is 19.2. The highest BCUT2D eigenvalue weighted by molar-refractivity contribution is 5.72. The van der Waals surface area contributed by atoms with Crippen LogP contribution >= 0.6 is 0 Å². The largest absolute Gasteiger partial charge is 0.490 e. The molecule has 0 aliphatic rings. The molecule has 0 saturated heterocycles. The van der Waals surface area contributed by atoms with Crippen molar-refractivity contribution in [3.63, 3.8) is 0 Å². The lowest BCUT2D eigenvalue weighted by Gasteiger charge is -2.11. The second-order valence-corrected chi connectivity index (χ2v) is 8.34. The third kappa shape index (κ3) is 6.98. The molecule has 0 heterocycles. The normalized spacial score (nSPS) is 11.3. The standard InChI is InChI=1S/C29H31F3O/c1-3-4-5-6-7-8-19-33-27-18-17-25(28(31)29(27)32)23-14-10-22(11-15-23)12-16-24-13-9-21(2)20-26(24)30/h9-18,20H,3-8,19H2,1-2H3/b16-12+. The molecule has 0 radical (unpaired) electrons. The minimum atomic E-state index is -0.961. The van der Waals surface area contributed by atoms with Crippen LogP contribution in [-0.2, 0) is 0 Å². The summed E-state index contributed by atoms with van der Waals surface area (Å²) in [6.45, 7) is 4.39. The van der Waals surface area contributed by atoms with Crippen LogP contribution in [0.4, 0.5) is 13.2 Å². The van der Waals surface area contributed by atoms with Gasteiger partial charge < -0.3 is 4.74 Å². The van der Waals surface area contributed by atoms with Gasteiger partial charge in [0.2, 0.25) is 5.82 Å². The SMILES string of the molecule is CCCCCCCCOc1ccc(-c2ccc(/C=C/c3ccc(C)cc3F)cc2)c(F)c1F. The molecule has 0 amide bonds. The van der Waals surface area contributed by atoms with Crippen molar-refractivity contribution in [1.82, 2.24) is 0 Å². The van der Waals surface area contributed by atoms with Crippen LogP contribution in [0.3, 0.4) is 0 Å². The maximum Gasteiger partial charge on any atom is 0.201 e. The molecule has 0 aliphatic carbocycles. The summed E-state index contributed by atoms with van der Waals surface area (Å²) in [4.78, 5) is 0. The maximum atomic E-state index is 14.7. The van der Waals surface area contributed by atoms with Gasteiger partial charge in [0.05, 0.1) is 6.61 Å². The van der Waals surface area contributed by atoms with Crippen LogP contribution in [0.1, 0.15) is 62.1 Å². The van der Waals surface area contributed by atoms with Gasteiger partial charge in [0, 0.05) is 11.1 Å². The smallest absolute Gasteiger partial charge is 0.201 e. The monoisotopic (exact) mass is 452 g/mol. The fourth-order valence-electron chi connectivity index (χ4n) is 3.66. The average molecular weight is 453 g/mol. The third-order valence-electron chi connectivity index (χ3n) is 5.64. The molecule has 3 rings (SSSR count). The Kier molecular flexibility index (Phi) is 9.17. The van der Waals surface area contributed by atoms with Crippen molar-refractivity contribution in [3.05, 3.63) is 88.7 Å². The van der Waals surface area contributed by atoms with E-state index in [-0.39, 0.29) is 17.1 Å². The highest BCUT2D eigenvalue weighted by Gasteiger charge is 2.15. The molecule has 0 aliphatic heterocycles. The molecule has 33 heavy (non-hydrogen) atoms. The van der Waals surface area contributed by atoms with Crippen LogP contribution in [0.5, 0.6) is 5.75 Å². The van der Waals surface area contributed by atoms with Gasteiger partial charge in [-0.3, -0.25) is 0 Å². The molecule has 0 unspecified atom stereocenters. The number of hydrogen-bond acceptors (Lipinski definition) is 1. The van der Waals surface area contributed by atoms with Crippen LogP contribution < -0.4 is 4.74 Å². The van der Waals surface area contributed by atoms with E-state index in [0.29, 0.717) is 17.7 Å². The van der Waals surface area contributed by atoms with Gasteiger partial charge in [-0.2, -0.15) is 4.39 Å². The number of halogens is 3. The Morgan fingerprint density at radius 1 is 0.758 bits per heavy atom. The zero-order valence-electron chi connectivity index (χ0n) is 19.3. The molecule has 0 spiro atoms. The summed E-state index contributed by atoms with van der Waals surface area (Å²) >= 11 is 0. The fourth-order valence-corrected chi connectivity index (χ4v) is 3.66. The number of rotatable bonds is 11. The second-order valence-electron chi connectivity index (χ2n) is 8.34. The maximum absolute atomic E-state index is 14.7. The quantitative estimate of drug-likeness (QED) is 0.208. The Balaban J connectivity index is 1.62. The van der Waals surface area contributed by atoms with Crippen LogP contribution in [0.15, 0.2) is 54.6 Å². The summed E-state index contributed by atoms with van der Waals surface area (Å²) in [5, 5.41) is 0. The van der Waals surface area contributed by atoms with E-state index in [9.17, 15) is 13.2 Å². The molecule has 1 nitrogen and oxygen atoms in total. The van der Waals surface area contributed by atoms with Crippen molar-refractivity contribution in [2.75, 3.05) is 6.61 Å². The predicted octanol–water partition coefficient (Wildman–Crippen LogP) is 8.99. The molecule has 0 fully saturated rings. The molecule has 0 atom stereocenters. The summed E-state index contributed by atoms with van der Waals surface area (Å²) in [6.07, 6.45) is 10.1. The van der Waals surface area contributed by atoms with E-state index in [1.54, 1.807) is 48.6 Å². The summed E-state index contributed by atoms with van der Waals surface area (Å²) in [6, 6.07) is 15.1. The first kappa shape index (κ1) is 24.6. The van der Waals surface area contributed by atoms with E-state index in [1.807, 2.05) is 13.0 Å². The van der Waals surface area contributed by atoms with Crippen molar-refractivity contribution < 1.29 is 17.9 Å². The molecular weight excluding hydrogens is 421 g/mol. The molecule has 174 valence electrons. The van der Waals surface area contributed by atoms with Crippen LogP contribution in [-0.4, -0.2) is 6.61 Å². The molecule has 0 N–H and O–H groups in total. The van der Waals surface area contributed by atoms with Gasteiger partial charge in [-0.1, -0.05) is 87.6 Å². The summed E-state index contributed by atoms with van der Waals surface area (Å²) in [7, 11) is 0. The van der Waals surface area contributed by atoms with Gasteiger partial charge in [0.25, 0.3) is 0 Å². The number of aryl methyl sites for hydroxylation is 1. The third-order valence-corrected chi connectivity index (χ3v) is 5.64. The van der Waals surface area contributed by atoms with E-state index in [0.717, 1.165) is 30.4 Å². The number of unbranched alkanes of at least 4 members (excludes halogenated alkanes) is 5. The first-order valence-corrected chi connectivity index (χ1v) is 11.6. The van der Waals surface area contributed by atoms with Crippen molar-refractivity contribution in [2.45, 2.75) is 52.4 Å². The Morgan fingerprint density at radius 3 is 2.21 bits per heavy atom. The Morgan fingerprint density at radius 2 is 1.48 bits per heavy atom. The van der Waals surface area contributed by atoms with Crippen LogP contribution in [0, 0.1) is 24.4 Å². The van der Waals surface area contributed by atoms with Gasteiger partial charge in [-0.05, 0) is 48.2 Å². The number of benzene rings is 3. The molecule has 0 bridgehead atoms. The molecular formula is C29H31F3O. The molecule has 3 aromatic rings. The first-order valence-electron chi connectivity index (χ1n) is 11.6. The van der Waals surface area contributed by atoms with Gasteiger partial charge in [-0.15, -0.1) is 0 Å². The van der Waals surface area contributed by atoms with Crippen LogP contribution in [0.2, 0.25) is 0 Å². The topological polar surface area (TPSA) is 9.23 Å². The van der Waals surface area contributed by atoms with Crippen molar-refractivity contribution in [1.29, 1.82) is 0 Å². The lowest BCUT2D eigenvalue weighted by molar-refractivity contribution is 0.285. The molecule has 4 heteroatoms. The molecule has 0 aromatic heterocycles. The number of hydrogen-bond donors (Lipinski definition) is 0. The first-order chi connectivity index (χ1) is 16.0. The summed E-state index contributed by atoms with van der Waals surface area (Å²) < 4.78 is 48.7. The zero-order valence-corrected chi connectivity index (χ0v) is 19.3. The lowest BCUT2D eigenvalue weighted by Crippen LogP contribution is -2.01. The predicted molar refractivity (Wildman–Crippen MR) is 131 cm³/mol. The van der Waals surface area contributed by atoms with Crippen molar-refractivity contribution in [2.24, 2.45) is 0 Å². The minimum absolute atomic E-state index is 0.0514. The van der Waals surface area contributed by atoms with E-state index in [2.05, 4.69) is 6.92 Å². The van der Waals surface area contributed by atoms with Crippen molar-refractivity contribution >= 4 is 12.2 Å². The Bertz CT molecular complexity index is 1070. The highest BCUT2D eigenvalue weighted by Crippen LogP contribution is 2.30. The molecule has 0 saturated carbocycles. The summed E-state index contributed by atoms with van der Waals surface area (Å²) in [5.41, 5.74) is 2.93.